The largest absolute Gasteiger partial charge is 0.379 e. The monoisotopic (exact) mass is 387 g/mol. The Bertz CT molecular complexity index is 588. The summed E-state index contributed by atoms with van der Waals surface area (Å²) < 4.78 is 5.50. The van der Waals surface area contributed by atoms with Crippen LogP contribution in [0.4, 0.5) is 0 Å². The Hall–Kier alpha value is -1.63. The molecule has 0 aliphatic carbocycles. The van der Waals surface area contributed by atoms with E-state index in [9.17, 15) is 0 Å². The second-order valence-electron chi connectivity index (χ2n) is 7.85. The normalized spacial score (nSPS) is 21.5. The number of ether oxygens (including phenoxy) is 1. The van der Waals surface area contributed by atoms with Crippen molar-refractivity contribution in [2.75, 3.05) is 66.1 Å². The highest BCUT2D eigenvalue weighted by atomic mass is 16.5. The Morgan fingerprint density at radius 1 is 1.21 bits per heavy atom. The van der Waals surface area contributed by atoms with E-state index >= 15 is 0 Å². The van der Waals surface area contributed by atoms with Crippen LogP contribution in [0.25, 0.3) is 0 Å². The van der Waals surface area contributed by atoms with Crippen molar-refractivity contribution in [3.05, 3.63) is 35.9 Å². The van der Waals surface area contributed by atoms with Gasteiger partial charge in [0.1, 0.15) is 0 Å². The smallest absolute Gasteiger partial charge is 0.193 e. The number of hydrogen-bond donors (Lipinski definition) is 1. The van der Waals surface area contributed by atoms with Crippen LogP contribution in [-0.4, -0.2) is 92.8 Å². The molecule has 6 heteroatoms. The van der Waals surface area contributed by atoms with E-state index in [1.54, 1.807) is 0 Å². The van der Waals surface area contributed by atoms with Crippen LogP contribution in [0.15, 0.2) is 35.3 Å². The lowest BCUT2D eigenvalue weighted by Crippen LogP contribution is -2.46. The van der Waals surface area contributed by atoms with E-state index < -0.39 is 0 Å². The van der Waals surface area contributed by atoms with Crippen molar-refractivity contribution < 1.29 is 4.74 Å². The zero-order chi connectivity index (χ0) is 19.6. The zero-order valence-electron chi connectivity index (χ0n) is 17.6. The van der Waals surface area contributed by atoms with Crippen LogP contribution in [0, 0.1) is 0 Å². The van der Waals surface area contributed by atoms with Crippen molar-refractivity contribution in [1.29, 1.82) is 0 Å². The van der Waals surface area contributed by atoms with Crippen LogP contribution < -0.4 is 5.32 Å². The molecule has 2 heterocycles. The standard InChI is InChI=1S/C22H37N5O/c1-3-23-22(27-13-10-21(19-27)26-14-16-28-17-15-26)24-11-7-12-25(2)18-20-8-5-4-6-9-20/h4-6,8-9,21H,3,7,10-19H2,1-2H3,(H,23,24). The molecule has 0 aromatic heterocycles. The van der Waals surface area contributed by atoms with Gasteiger partial charge in [-0.3, -0.25) is 9.89 Å². The molecule has 0 amide bonds. The minimum atomic E-state index is 0.643. The summed E-state index contributed by atoms with van der Waals surface area (Å²) in [4.78, 5) is 12.3. The van der Waals surface area contributed by atoms with Gasteiger partial charge in [0.15, 0.2) is 5.96 Å². The van der Waals surface area contributed by atoms with E-state index in [1.165, 1.54) is 12.0 Å². The summed E-state index contributed by atoms with van der Waals surface area (Å²) in [5.41, 5.74) is 1.37. The highest BCUT2D eigenvalue weighted by Gasteiger charge is 2.30. The average Bonchev–Trinajstić information content (AvgIpc) is 3.22. The van der Waals surface area contributed by atoms with Crippen LogP contribution in [0.5, 0.6) is 0 Å². The lowest BCUT2D eigenvalue weighted by atomic mass is 10.2. The molecule has 1 aromatic rings. The molecule has 156 valence electrons. The first kappa shape index (κ1) is 21.1. The molecule has 2 saturated heterocycles. The van der Waals surface area contributed by atoms with Gasteiger partial charge in [-0.2, -0.15) is 0 Å². The first-order chi connectivity index (χ1) is 13.8. The molecule has 2 fully saturated rings. The molecule has 3 rings (SSSR count). The number of hydrogen-bond acceptors (Lipinski definition) is 4. The van der Waals surface area contributed by atoms with Crippen LogP contribution in [-0.2, 0) is 11.3 Å². The molecule has 28 heavy (non-hydrogen) atoms. The van der Waals surface area contributed by atoms with Crippen LogP contribution >= 0.6 is 0 Å². The quantitative estimate of drug-likeness (QED) is 0.419. The fraction of sp³-hybridized carbons (Fsp3) is 0.682. The molecule has 0 bridgehead atoms. The van der Waals surface area contributed by atoms with Crippen molar-refractivity contribution in [2.45, 2.75) is 32.4 Å². The Morgan fingerprint density at radius 2 is 2.00 bits per heavy atom. The van der Waals surface area contributed by atoms with Gasteiger partial charge in [-0.15, -0.1) is 0 Å². The minimum absolute atomic E-state index is 0.643. The van der Waals surface area contributed by atoms with Crippen LogP contribution in [0.2, 0.25) is 0 Å². The Balaban J connectivity index is 1.42. The van der Waals surface area contributed by atoms with E-state index in [0.29, 0.717) is 6.04 Å². The predicted molar refractivity (Wildman–Crippen MR) is 116 cm³/mol. The Kier molecular flexibility index (Phi) is 8.58. The van der Waals surface area contributed by atoms with Gasteiger partial charge in [-0.25, -0.2) is 0 Å². The summed E-state index contributed by atoms with van der Waals surface area (Å²) in [7, 11) is 2.19. The summed E-state index contributed by atoms with van der Waals surface area (Å²) in [6, 6.07) is 11.3. The van der Waals surface area contributed by atoms with E-state index in [2.05, 4.69) is 64.3 Å². The molecule has 0 spiro atoms. The fourth-order valence-corrected chi connectivity index (χ4v) is 4.10. The molecule has 2 aliphatic rings. The summed E-state index contributed by atoms with van der Waals surface area (Å²) >= 11 is 0. The number of guanidine groups is 1. The fourth-order valence-electron chi connectivity index (χ4n) is 4.10. The van der Waals surface area contributed by atoms with Gasteiger partial charge in [0.25, 0.3) is 0 Å². The second kappa shape index (κ2) is 11.4. The molecular weight excluding hydrogens is 350 g/mol. The highest BCUT2D eigenvalue weighted by Crippen LogP contribution is 2.17. The van der Waals surface area contributed by atoms with Crippen molar-refractivity contribution in [2.24, 2.45) is 4.99 Å². The van der Waals surface area contributed by atoms with Gasteiger partial charge in [0.05, 0.1) is 13.2 Å². The number of benzene rings is 1. The minimum Gasteiger partial charge on any atom is -0.379 e. The summed E-state index contributed by atoms with van der Waals surface area (Å²) in [6.07, 6.45) is 2.31. The summed E-state index contributed by atoms with van der Waals surface area (Å²) in [5.74, 6) is 1.09. The molecule has 0 radical (unpaired) electrons. The third-order valence-corrected chi connectivity index (χ3v) is 5.61. The first-order valence-corrected chi connectivity index (χ1v) is 10.8. The molecule has 1 N–H and O–H groups in total. The molecule has 1 atom stereocenters. The van der Waals surface area contributed by atoms with Crippen molar-refractivity contribution in [3.8, 4) is 0 Å². The van der Waals surface area contributed by atoms with Crippen molar-refractivity contribution in [1.82, 2.24) is 20.0 Å². The molecule has 1 unspecified atom stereocenters. The number of nitrogens with one attached hydrogen (secondary N) is 1. The summed E-state index contributed by atoms with van der Waals surface area (Å²) in [5, 5.41) is 3.50. The number of morpholine rings is 1. The summed E-state index contributed by atoms with van der Waals surface area (Å²) in [6.45, 7) is 12.1. The van der Waals surface area contributed by atoms with Gasteiger partial charge >= 0.3 is 0 Å². The third kappa shape index (κ3) is 6.47. The number of aliphatic imine (C=N–C) groups is 1. The van der Waals surface area contributed by atoms with Gasteiger partial charge in [0.2, 0.25) is 0 Å². The lowest BCUT2D eigenvalue weighted by Gasteiger charge is -2.32. The third-order valence-electron chi connectivity index (χ3n) is 5.61. The van der Waals surface area contributed by atoms with E-state index in [0.717, 1.165) is 78.0 Å². The van der Waals surface area contributed by atoms with E-state index in [1.807, 2.05) is 0 Å². The molecule has 6 nitrogen and oxygen atoms in total. The maximum Gasteiger partial charge on any atom is 0.193 e. The van der Waals surface area contributed by atoms with Crippen molar-refractivity contribution >= 4 is 5.96 Å². The molecule has 0 saturated carbocycles. The maximum atomic E-state index is 5.50. The number of nitrogens with zero attached hydrogens (tertiary/aromatic N) is 4. The van der Waals surface area contributed by atoms with Gasteiger partial charge in [0, 0.05) is 51.9 Å². The van der Waals surface area contributed by atoms with Gasteiger partial charge < -0.3 is 19.9 Å². The Labute approximate surface area is 170 Å². The number of rotatable bonds is 8. The molecule has 1 aromatic carbocycles. The SMILES string of the molecule is CCNC(=NCCCN(C)Cc1ccccc1)N1CCC(N2CCOCC2)C1. The highest BCUT2D eigenvalue weighted by molar-refractivity contribution is 5.80. The van der Waals surface area contributed by atoms with Crippen LogP contribution in [0.3, 0.4) is 0 Å². The first-order valence-electron chi connectivity index (χ1n) is 10.8. The Morgan fingerprint density at radius 3 is 2.75 bits per heavy atom. The predicted octanol–water partition coefficient (Wildman–Crippen LogP) is 1.88. The molecular formula is C22H37N5O. The van der Waals surface area contributed by atoms with Crippen LogP contribution in [0.1, 0.15) is 25.3 Å². The average molecular weight is 388 g/mol. The topological polar surface area (TPSA) is 43.3 Å². The van der Waals surface area contributed by atoms with E-state index in [-0.39, 0.29) is 0 Å². The van der Waals surface area contributed by atoms with Crippen molar-refractivity contribution in [3.63, 3.8) is 0 Å². The van der Waals surface area contributed by atoms with Gasteiger partial charge in [-0.1, -0.05) is 30.3 Å². The molecule has 2 aliphatic heterocycles. The van der Waals surface area contributed by atoms with E-state index in [4.69, 9.17) is 9.73 Å². The maximum absolute atomic E-state index is 5.50. The zero-order valence-corrected chi connectivity index (χ0v) is 17.6. The number of likely N-dealkylation sites (tertiary alicyclic amines) is 1. The lowest BCUT2D eigenvalue weighted by molar-refractivity contribution is 0.0195. The van der Waals surface area contributed by atoms with Gasteiger partial charge in [-0.05, 0) is 38.9 Å². The second-order valence-corrected chi connectivity index (χ2v) is 7.85.